The van der Waals surface area contributed by atoms with Gasteiger partial charge in [-0.05, 0) is 45.4 Å². The number of aryl methyl sites for hydroxylation is 1. The van der Waals surface area contributed by atoms with Crippen LogP contribution in [0.3, 0.4) is 0 Å². The van der Waals surface area contributed by atoms with E-state index in [1.54, 1.807) is 16.8 Å². The van der Waals surface area contributed by atoms with Crippen molar-refractivity contribution in [2.24, 2.45) is 0 Å². The topological polar surface area (TPSA) is 56.1 Å². The molecule has 0 spiro atoms. The number of carbonyl (C=O) groups excluding carboxylic acids is 1. The van der Waals surface area contributed by atoms with Gasteiger partial charge in [0.05, 0.1) is 27.8 Å². The van der Waals surface area contributed by atoms with Crippen molar-refractivity contribution in [1.29, 1.82) is 0 Å². The molecule has 0 aliphatic rings. The number of ether oxygens (including phenoxy) is 1. The molecule has 0 atom stereocenters. The van der Waals surface area contributed by atoms with Crippen LogP contribution in [0.25, 0.3) is 5.69 Å². The summed E-state index contributed by atoms with van der Waals surface area (Å²) in [5, 5.41) is 8.43. The number of hydrogen-bond acceptors (Lipinski definition) is 3. The highest BCUT2D eigenvalue weighted by molar-refractivity contribution is 6.42. The van der Waals surface area contributed by atoms with E-state index < -0.39 is 0 Å². The Bertz CT molecular complexity index is 744. The lowest BCUT2D eigenvalue weighted by molar-refractivity contribution is -0.120. The second-order valence-corrected chi connectivity index (χ2v) is 6.55. The number of nitrogens with one attached hydrogen (secondary N) is 1. The van der Waals surface area contributed by atoms with Crippen LogP contribution in [0.5, 0.6) is 0 Å². The van der Waals surface area contributed by atoms with Crippen molar-refractivity contribution in [2.75, 3.05) is 19.8 Å². The first-order valence-electron chi connectivity index (χ1n) is 8.29. The molecule has 0 radical (unpaired) electrons. The lowest BCUT2D eigenvalue weighted by Gasteiger charge is -2.08. The van der Waals surface area contributed by atoms with Crippen LogP contribution < -0.4 is 5.32 Å². The quantitative estimate of drug-likeness (QED) is 0.703. The Labute approximate surface area is 158 Å². The summed E-state index contributed by atoms with van der Waals surface area (Å²) in [6.45, 7) is 7.76. The highest BCUT2D eigenvalue weighted by Gasteiger charge is 2.16. The fraction of sp³-hybridized carbons (Fsp3) is 0.444. The summed E-state index contributed by atoms with van der Waals surface area (Å²) in [6.07, 6.45) is 1.10. The predicted molar refractivity (Wildman–Crippen MR) is 101 cm³/mol. The highest BCUT2D eigenvalue weighted by Crippen LogP contribution is 2.26. The number of hydrogen-bond donors (Lipinski definition) is 1. The molecule has 1 aromatic heterocycles. The molecule has 25 heavy (non-hydrogen) atoms. The monoisotopic (exact) mass is 383 g/mol. The van der Waals surface area contributed by atoms with Gasteiger partial charge >= 0.3 is 0 Å². The standard InChI is InChI=1S/C18H23Cl2N3O2/c1-4-25-9-5-8-21-18(24)11-15-12(2)22-23(13(15)3)14-6-7-16(19)17(20)10-14/h6-7,10H,4-5,8-9,11H2,1-3H3,(H,21,24). The van der Waals surface area contributed by atoms with Crippen LogP contribution in [0.1, 0.15) is 30.3 Å². The van der Waals surface area contributed by atoms with Gasteiger partial charge in [-0.1, -0.05) is 23.2 Å². The van der Waals surface area contributed by atoms with Gasteiger partial charge in [-0.3, -0.25) is 4.79 Å². The van der Waals surface area contributed by atoms with Gasteiger partial charge in [0, 0.05) is 31.0 Å². The van der Waals surface area contributed by atoms with Crippen LogP contribution in [0.15, 0.2) is 18.2 Å². The van der Waals surface area contributed by atoms with Gasteiger partial charge in [0.25, 0.3) is 0 Å². The first-order chi connectivity index (χ1) is 11.9. The molecule has 2 aromatic rings. The van der Waals surface area contributed by atoms with Crippen LogP contribution in [-0.4, -0.2) is 35.4 Å². The molecular formula is C18H23Cl2N3O2. The van der Waals surface area contributed by atoms with E-state index in [1.165, 1.54) is 0 Å². The van der Waals surface area contributed by atoms with Crippen molar-refractivity contribution in [2.45, 2.75) is 33.6 Å². The zero-order valence-electron chi connectivity index (χ0n) is 14.7. The fourth-order valence-electron chi connectivity index (χ4n) is 2.57. The highest BCUT2D eigenvalue weighted by atomic mass is 35.5. The largest absolute Gasteiger partial charge is 0.382 e. The second kappa shape index (κ2) is 9.22. The number of carbonyl (C=O) groups is 1. The smallest absolute Gasteiger partial charge is 0.224 e. The minimum Gasteiger partial charge on any atom is -0.382 e. The van der Waals surface area contributed by atoms with E-state index in [0.29, 0.717) is 36.2 Å². The van der Waals surface area contributed by atoms with Crippen molar-refractivity contribution in [3.63, 3.8) is 0 Å². The lowest BCUT2D eigenvalue weighted by Crippen LogP contribution is -2.27. The average Bonchev–Trinajstić information content (AvgIpc) is 2.85. The Morgan fingerprint density at radius 1 is 1.28 bits per heavy atom. The summed E-state index contributed by atoms with van der Waals surface area (Å²) in [5.41, 5.74) is 3.49. The molecule has 7 heteroatoms. The molecule has 0 fully saturated rings. The van der Waals surface area contributed by atoms with Gasteiger partial charge in [0.1, 0.15) is 0 Å². The van der Waals surface area contributed by atoms with Crippen molar-refractivity contribution >= 4 is 29.1 Å². The number of benzene rings is 1. The summed E-state index contributed by atoms with van der Waals surface area (Å²) in [6, 6.07) is 5.35. The Balaban J connectivity index is 2.06. The third-order valence-corrected chi connectivity index (χ3v) is 4.66. The molecule has 136 valence electrons. The Morgan fingerprint density at radius 2 is 2.04 bits per heavy atom. The lowest BCUT2D eigenvalue weighted by atomic mass is 10.1. The van der Waals surface area contributed by atoms with Gasteiger partial charge in [-0.2, -0.15) is 5.10 Å². The van der Waals surface area contributed by atoms with Gasteiger partial charge in [-0.25, -0.2) is 4.68 Å². The van der Waals surface area contributed by atoms with Gasteiger partial charge in [-0.15, -0.1) is 0 Å². The summed E-state index contributed by atoms with van der Waals surface area (Å²) >= 11 is 12.1. The normalized spacial score (nSPS) is 10.9. The summed E-state index contributed by atoms with van der Waals surface area (Å²) < 4.78 is 7.04. The third kappa shape index (κ3) is 5.21. The van der Waals surface area contributed by atoms with Crippen LogP contribution in [-0.2, 0) is 16.0 Å². The minimum absolute atomic E-state index is 0.0172. The van der Waals surface area contributed by atoms with Crippen molar-refractivity contribution < 1.29 is 9.53 Å². The molecule has 0 saturated heterocycles. The molecule has 0 aliphatic heterocycles. The van der Waals surface area contributed by atoms with Crippen molar-refractivity contribution in [3.8, 4) is 5.69 Å². The minimum atomic E-state index is -0.0172. The average molecular weight is 384 g/mol. The Kier molecular flexibility index (Phi) is 7.29. The summed E-state index contributed by atoms with van der Waals surface area (Å²) in [7, 11) is 0. The molecular weight excluding hydrogens is 361 g/mol. The molecule has 1 N–H and O–H groups in total. The van der Waals surface area contributed by atoms with Crippen molar-refractivity contribution in [3.05, 3.63) is 45.2 Å². The molecule has 0 saturated carbocycles. The fourth-order valence-corrected chi connectivity index (χ4v) is 2.86. The van der Waals surface area contributed by atoms with Crippen LogP contribution >= 0.6 is 23.2 Å². The first kappa shape index (κ1) is 19.8. The molecule has 1 heterocycles. The predicted octanol–water partition coefficient (Wildman–Crippen LogP) is 3.88. The molecule has 0 aliphatic carbocycles. The van der Waals surface area contributed by atoms with E-state index in [2.05, 4.69) is 10.4 Å². The van der Waals surface area contributed by atoms with Gasteiger partial charge in [0.15, 0.2) is 0 Å². The molecule has 1 amide bonds. The van der Waals surface area contributed by atoms with Crippen LogP contribution in [0.4, 0.5) is 0 Å². The number of halogens is 2. The Morgan fingerprint density at radius 3 is 2.72 bits per heavy atom. The molecule has 1 aromatic carbocycles. The van der Waals surface area contributed by atoms with E-state index in [9.17, 15) is 4.79 Å². The van der Waals surface area contributed by atoms with E-state index in [1.807, 2.05) is 26.8 Å². The third-order valence-electron chi connectivity index (χ3n) is 3.92. The second-order valence-electron chi connectivity index (χ2n) is 5.74. The maximum atomic E-state index is 12.2. The van der Waals surface area contributed by atoms with Gasteiger partial charge in [0.2, 0.25) is 5.91 Å². The van der Waals surface area contributed by atoms with E-state index in [-0.39, 0.29) is 5.91 Å². The van der Waals surface area contributed by atoms with Gasteiger partial charge < -0.3 is 10.1 Å². The van der Waals surface area contributed by atoms with Crippen LogP contribution in [0, 0.1) is 13.8 Å². The molecule has 5 nitrogen and oxygen atoms in total. The molecule has 2 rings (SSSR count). The van der Waals surface area contributed by atoms with E-state index >= 15 is 0 Å². The zero-order chi connectivity index (χ0) is 18.4. The number of amides is 1. The Hall–Kier alpha value is -1.56. The summed E-state index contributed by atoms with van der Waals surface area (Å²) in [4.78, 5) is 12.2. The maximum absolute atomic E-state index is 12.2. The first-order valence-corrected chi connectivity index (χ1v) is 9.04. The van der Waals surface area contributed by atoms with E-state index in [0.717, 1.165) is 29.1 Å². The van der Waals surface area contributed by atoms with Crippen LogP contribution in [0.2, 0.25) is 10.0 Å². The zero-order valence-corrected chi connectivity index (χ0v) is 16.2. The number of nitrogens with zero attached hydrogens (tertiary/aromatic N) is 2. The molecule has 0 unspecified atom stereocenters. The number of rotatable bonds is 8. The van der Waals surface area contributed by atoms with E-state index in [4.69, 9.17) is 27.9 Å². The molecule has 0 bridgehead atoms. The number of aromatic nitrogens is 2. The SMILES string of the molecule is CCOCCCNC(=O)Cc1c(C)nn(-c2ccc(Cl)c(Cl)c2)c1C. The summed E-state index contributed by atoms with van der Waals surface area (Å²) in [5.74, 6) is -0.0172. The van der Waals surface area contributed by atoms with Crippen molar-refractivity contribution in [1.82, 2.24) is 15.1 Å². The maximum Gasteiger partial charge on any atom is 0.224 e.